The van der Waals surface area contributed by atoms with Crippen molar-refractivity contribution in [3.63, 3.8) is 0 Å². The number of fused-ring (bicyclic) bond motifs is 3. The van der Waals surface area contributed by atoms with E-state index in [0.717, 1.165) is 36.8 Å². The summed E-state index contributed by atoms with van der Waals surface area (Å²) < 4.78 is 12.5. The number of esters is 1. The number of para-hydroxylation sites is 1. The molecule has 10 heteroatoms. The maximum atomic E-state index is 15.1. The zero-order chi connectivity index (χ0) is 37.5. The Morgan fingerprint density at radius 3 is 2.24 bits per heavy atom. The number of hydrogen-bond donors (Lipinski definition) is 4. The predicted molar refractivity (Wildman–Crippen MR) is 201 cm³/mol. The number of cyclic esters (lactones) is 1. The van der Waals surface area contributed by atoms with Crippen molar-refractivity contribution in [1.29, 1.82) is 0 Å². The Bertz CT molecular complexity index is 2120. The summed E-state index contributed by atoms with van der Waals surface area (Å²) in [5, 5.41) is 24.2. The van der Waals surface area contributed by atoms with Crippen LogP contribution in [0.25, 0.3) is 0 Å². The van der Waals surface area contributed by atoms with E-state index < -0.39 is 58.9 Å². The first-order chi connectivity index (χ1) is 26.3. The SMILES string of the molecule is NC(=O)[C@H]1[C@@H]2C(=O)O[C@@H](c3ccccc3)[C@@H](c3ccccc3)N2[C@@H](c2ccccc2OCCO)[C@]12C(=O)Nc1ccc(C#CC3(O)CCCCCC3)cc12. The van der Waals surface area contributed by atoms with Crippen molar-refractivity contribution >= 4 is 23.5 Å². The van der Waals surface area contributed by atoms with E-state index in [1.165, 1.54) is 0 Å². The van der Waals surface area contributed by atoms with Gasteiger partial charge in [0.25, 0.3) is 0 Å². The zero-order valence-corrected chi connectivity index (χ0v) is 29.8. The second-order valence-corrected chi connectivity index (χ2v) is 14.7. The average molecular weight is 726 g/mol. The van der Waals surface area contributed by atoms with Crippen molar-refractivity contribution in [2.24, 2.45) is 11.7 Å². The Morgan fingerprint density at radius 1 is 0.889 bits per heavy atom. The molecule has 8 rings (SSSR count). The van der Waals surface area contributed by atoms with Crippen LogP contribution in [0.15, 0.2) is 103 Å². The van der Waals surface area contributed by atoms with Gasteiger partial charge >= 0.3 is 5.97 Å². The minimum absolute atomic E-state index is 0.0262. The van der Waals surface area contributed by atoms with E-state index in [1.54, 1.807) is 30.3 Å². The van der Waals surface area contributed by atoms with E-state index in [4.69, 9.17) is 15.2 Å². The van der Waals surface area contributed by atoms with Gasteiger partial charge in [0, 0.05) is 16.8 Å². The van der Waals surface area contributed by atoms with Crippen molar-refractivity contribution in [1.82, 2.24) is 4.90 Å². The van der Waals surface area contributed by atoms with Crippen LogP contribution in [-0.4, -0.2) is 57.8 Å². The number of nitrogens with two attached hydrogens (primary N) is 1. The number of anilines is 1. The Kier molecular flexibility index (Phi) is 9.48. The first kappa shape index (κ1) is 35.6. The third kappa shape index (κ3) is 5.93. The molecule has 6 atom stereocenters. The summed E-state index contributed by atoms with van der Waals surface area (Å²) in [7, 11) is 0. The van der Waals surface area contributed by atoms with Gasteiger partial charge in [0.1, 0.15) is 35.5 Å². The molecular formula is C44H43N3O7. The summed E-state index contributed by atoms with van der Waals surface area (Å²) in [6.07, 6.45) is 4.20. The smallest absolute Gasteiger partial charge is 0.324 e. The zero-order valence-electron chi connectivity index (χ0n) is 29.8. The van der Waals surface area contributed by atoms with Crippen LogP contribution in [0.4, 0.5) is 5.69 Å². The molecule has 1 saturated carbocycles. The van der Waals surface area contributed by atoms with Gasteiger partial charge in [-0.2, -0.15) is 0 Å². The van der Waals surface area contributed by atoms with E-state index in [9.17, 15) is 19.8 Å². The summed E-state index contributed by atoms with van der Waals surface area (Å²) >= 11 is 0. The minimum atomic E-state index is -1.76. The van der Waals surface area contributed by atoms with E-state index >= 15 is 4.79 Å². The number of amides is 2. The molecule has 0 bridgehead atoms. The number of morpholine rings is 1. The number of rotatable bonds is 7. The van der Waals surface area contributed by atoms with Crippen LogP contribution in [0.1, 0.15) is 84.5 Å². The quantitative estimate of drug-likeness (QED) is 0.115. The summed E-state index contributed by atoms with van der Waals surface area (Å²) in [6, 6.07) is 28.6. The molecule has 0 aromatic heterocycles. The second kappa shape index (κ2) is 14.4. The number of hydrogen-bond acceptors (Lipinski definition) is 8. The summed E-state index contributed by atoms with van der Waals surface area (Å²) in [5.74, 6) is 3.31. The fraction of sp³-hybridized carbons (Fsp3) is 0.341. The molecule has 4 aromatic carbocycles. The van der Waals surface area contributed by atoms with Gasteiger partial charge < -0.3 is 30.7 Å². The van der Waals surface area contributed by atoms with E-state index in [-0.39, 0.29) is 13.2 Å². The van der Waals surface area contributed by atoms with Gasteiger partial charge in [0.05, 0.1) is 24.6 Å². The van der Waals surface area contributed by atoms with E-state index in [1.807, 2.05) is 77.7 Å². The van der Waals surface area contributed by atoms with Crippen LogP contribution in [0.3, 0.4) is 0 Å². The number of aliphatic hydroxyl groups excluding tert-OH is 1. The maximum absolute atomic E-state index is 15.1. The molecule has 1 aliphatic carbocycles. The van der Waals surface area contributed by atoms with Crippen molar-refractivity contribution in [3.05, 3.63) is 131 Å². The number of carbonyl (C=O) groups excluding carboxylic acids is 3. The summed E-state index contributed by atoms with van der Waals surface area (Å²) in [6.45, 7) is -0.283. The number of benzene rings is 4. The molecule has 3 aliphatic heterocycles. The van der Waals surface area contributed by atoms with Gasteiger partial charge in [0.15, 0.2) is 0 Å². The number of aliphatic hydroxyl groups is 2. The standard InChI is InChI=1S/C44H43N3O7/c45-40(49)35-37-41(50)54-38(30-15-7-4-8-16-30)36(29-13-5-3-6-14-29)47(37)39(31-17-9-10-18-34(31)53-26-25-48)44(35)32-27-28(19-20-33(32)46-42(44)51)21-24-43(52)22-11-1-2-12-23-43/h3-10,13-20,27,35-39,48,52H,1-2,11-12,22-23,25-26H2,(H2,45,49)(H,46,51)/t35-,36-,37-,38+,39+,44-/m1/s1. The van der Waals surface area contributed by atoms with Crippen LogP contribution in [0, 0.1) is 17.8 Å². The lowest BCUT2D eigenvalue weighted by atomic mass is 9.65. The number of ether oxygens (including phenoxy) is 2. The van der Waals surface area contributed by atoms with Crippen molar-refractivity contribution in [2.45, 2.75) is 73.8 Å². The number of nitrogens with zero attached hydrogens (tertiary/aromatic N) is 1. The molecule has 4 aliphatic rings. The first-order valence-electron chi connectivity index (χ1n) is 18.7. The highest BCUT2D eigenvalue weighted by molar-refractivity contribution is 6.12. The second-order valence-electron chi connectivity index (χ2n) is 14.7. The normalized spacial score (nSPS) is 27.1. The highest BCUT2D eigenvalue weighted by Gasteiger charge is 2.74. The largest absolute Gasteiger partial charge is 0.491 e. The molecule has 0 unspecified atom stereocenters. The first-order valence-corrected chi connectivity index (χ1v) is 18.7. The average Bonchev–Trinajstić information content (AvgIpc) is 3.55. The fourth-order valence-corrected chi connectivity index (χ4v) is 9.29. The van der Waals surface area contributed by atoms with E-state index in [0.29, 0.717) is 41.0 Å². The number of primary amides is 1. The number of nitrogens with one attached hydrogen (secondary N) is 1. The van der Waals surface area contributed by atoms with Crippen LogP contribution in [-0.2, 0) is 24.5 Å². The maximum Gasteiger partial charge on any atom is 0.324 e. The molecule has 0 radical (unpaired) electrons. The molecule has 5 N–H and O–H groups in total. The van der Waals surface area contributed by atoms with Gasteiger partial charge in [-0.15, -0.1) is 0 Å². The molecule has 1 spiro atoms. The third-order valence-corrected chi connectivity index (χ3v) is 11.5. The molecular weight excluding hydrogens is 682 g/mol. The highest BCUT2D eigenvalue weighted by atomic mass is 16.6. The van der Waals surface area contributed by atoms with Crippen LogP contribution in [0.2, 0.25) is 0 Å². The summed E-state index contributed by atoms with van der Waals surface area (Å²) in [5.41, 5.74) is 7.03. The molecule has 3 fully saturated rings. The Balaban J connectivity index is 1.40. The molecule has 276 valence electrons. The summed E-state index contributed by atoms with van der Waals surface area (Å²) in [4.78, 5) is 45.8. The third-order valence-electron chi connectivity index (χ3n) is 11.5. The van der Waals surface area contributed by atoms with Crippen molar-refractivity contribution < 1.29 is 34.1 Å². The topological polar surface area (TPSA) is 151 Å². The van der Waals surface area contributed by atoms with Gasteiger partial charge in [-0.1, -0.05) is 104 Å². The molecule has 4 aromatic rings. The molecule has 3 heterocycles. The predicted octanol–water partition coefficient (Wildman–Crippen LogP) is 5.25. The Labute approximate surface area is 314 Å². The minimum Gasteiger partial charge on any atom is -0.491 e. The van der Waals surface area contributed by atoms with Gasteiger partial charge in [-0.05, 0) is 66.6 Å². The van der Waals surface area contributed by atoms with Crippen LogP contribution >= 0.6 is 0 Å². The molecule has 2 amide bonds. The van der Waals surface area contributed by atoms with Crippen molar-refractivity contribution in [2.75, 3.05) is 18.5 Å². The number of carbonyl (C=O) groups is 3. The van der Waals surface area contributed by atoms with Gasteiger partial charge in [-0.25, -0.2) is 0 Å². The Hall–Kier alpha value is -5.47. The lowest BCUT2D eigenvalue weighted by Crippen LogP contribution is -2.53. The van der Waals surface area contributed by atoms with Gasteiger partial charge in [-0.3, -0.25) is 19.3 Å². The lowest BCUT2D eigenvalue weighted by molar-refractivity contribution is -0.178. The molecule has 2 saturated heterocycles. The lowest BCUT2D eigenvalue weighted by Gasteiger charge is -2.46. The van der Waals surface area contributed by atoms with Crippen LogP contribution in [0.5, 0.6) is 5.75 Å². The molecule has 54 heavy (non-hydrogen) atoms. The van der Waals surface area contributed by atoms with Crippen LogP contribution < -0.4 is 15.8 Å². The highest BCUT2D eigenvalue weighted by Crippen LogP contribution is 2.65. The van der Waals surface area contributed by atoms with Gasteiger partial charge in [0.2, 0.25) is 11.8 Å². The molecule has 10 nitrogen and oxygen atoms in total. The Morgan fingerprint density at radius 2 is 1.56 bits per heavy atom. The monoisotopic (exact) mass is 725 g/mol. The fourth-order valence-electron chi connectivity index (χ4n) is 9.29. The van der Waals surface area contributed by atoms with E-state index in [2.05, 4.69) is 17.2 Å². The van der Waals surface area contributed by atoms with Crippen molar-refractivity contribution in [3.8, 4) is 17.6 Å².